The van der Waals surface area contributed by atoms with E-state index in [4.69, 9.17) is 5.73 Å². The van der Waals surface area contributed by atoms with Crippen LogP contribution in [0, 0.1) is 11.8 Å². The van der Waals surface area contributed by atoms with Gasteiger partial charge in [-0.25, -0.2) is 0 Å². The molecule has 1 nitrogen and oxygen atoms in total. The third kappa shape index (κ3) is 1.92. The van der Waals surface area contributed by atoms with E-state index in [9.17, 15) is 0 Å². The van der Waals surface area contributed by atoms with Gasteiger partial charge in [-0.3, -0.25) is 0 Å². The van der Waals surface area contributed by atoms with Gasteiger partial charge in [0, 0.05) is 6.04 Å². The minimum atomic E-state index is 0.367. The van der Waals surface area contributed by atoms with Crippen LogP contribution in [0.5, 0.6) is 0 Å². The highest BCUT2D eigenvalue weighted by Crippen LogP contribution is 2.29. The Morgan fingerprint density at radius 3 is 2.69 bits per heavy atom. The molecular weight excluding hydrogens is 158 g/mol. The van der Waals surface area contributed by atoms with Gasteiger partial charge < -0.3 is 5.73 Å². The minimum absolute atomic E-state index is 0.367. The van der Waals surface area contributed by atoms with Crippen LogP contribution in [-0.4, -0.2) is 6.04 Å². The molecule has 0 radical (unpaired) electrons. The minimum Gasteiger partial charge on any atom is -0.327 e. The van der Waals surface area contributed by atoms with Gasteiger partial charge in [-0.2, -0.15) is 0 Å². The zero-order valence-corrected chi connectivity index (χ0v) is 7.89. The van der Waals surface area contributed by atoms with Crippen LogP contribution in [0.2, 0.25) is 0 Å². The summed E-state index contributed by atoms with van der Waals surface area (Å²) in [5, 5.41) is 0. The summed E-state index contributed by atoms with van der Waals surface area (Å²) >= 11 is 0. The maximum absolute atomic E-state index is 6.10. The molecule has 2 N–H and O–H groups in total. The van der Waals surface area contributed by atoms with E-state index in [1.165, 1.54) is 0 Å². The van der Waals surface area contributed by atoms with Gasteiger partial charge in [0.05, 0.1) is 0 Å². The molecule has 0 aliphatic heterocycles. The molecule has 0 aromatic carbocycles. The van der Waals surface area contributed by atoms with Crippen molar-refractivity contribution in [2.75, 3.05) is 0 Å². The predicted octanol–water partition coefficient (Wildman–Crippen LogP) is 2.41. The molecule has 2 rings (SSSR count). The van der Waals surface area contributed by atoms with Gasteiger partial charge >= 0.3 is 0 Å². The first kappa shape index (κ1) is 8.76. The molecule has 0 saturated heterocycles. The molecule has 1 heteroatoms. The monoisotopic (exact) mass is 175 g/mol. The first-order valence-corrected chi connectivity index (χ1v) is 5.13. The number of nitrogens with two attached hydrogens (primary N) is 1. The Hall–Kier alpha value is -0.820. The SMILES string of the molecule is NC1CCC=CC1C1C=CC=CC1. The number of allylic oxidation sites excluding steroid dienone is 5. The quantitative estimate of drug-likeness (QED) is 0.608. The summed E-state index contributed by atoms with van der Waals surface area (Å²) in [6.07, 6.45) is 16.8. The van der Waals surface area contributed by atoms with Crippen molar-refractivity contribution < 1.29 is 0 Å². The lowest BCUT2D eigenvalue weighted by molar-refractivity contribution is 0.367. The van der Waals surface area contributed by atoms with Crippen molar-refractivity contribution in [1.29, 1.82) is 0 Å². The average molecular weight is 175 g/mol. The molecule has 0 aromatic rings. The molecule has 2 aliphatic rings. The molecule has 0 saturated carbocycles. The molecule has 70 valence electrons. The van der Waals surface area contributed by atoms with Gasteiger partial charge in [0.2, 0.25) is 0 Å². The van der Waals surface area contributed by atoms with Crippen LogP contribution in [0.25, 0.3) is 0 Å². The molecule has 3 atom stereocenters. The summed E-state index contributed by atoms with van der Waals surface area (Å²) in [6, 6.07) is 0.367. The zero-order valence-electron chi connectivity index (χ0n) is 7.89. The fourth-order valence-electron chi connectivity index (χ4n) is 2.22. The Morgan fingerprint density at radius 2 is 2.00 bits per heavy atom. The molecule has 0 bridgehead atoms. The third-order valence-corrected chi connectivity index (χ3v) is 3.03. The van der Waals surface area contributed by atoms with Crippen molar-refractivity contribution in [3.05, 3.63) is 36.5 Å². The van der Waals surface area contributed by atoms with Crippen molar-refractivity contribution in [3.8, 4) is 0 Å². The second-order valence-electron chi connectivity index (χ2n) is 3.96. The molecule has 13 heavy (non-hydrogen) atoms. The third-order valence-electron chi connectivity index (χ3n) is 3.03. The smallest absolute Gasteiger partial charge is 0.0111 e. The standard InChI is InChI=1S/C12H17N/c13-12-9-5-4-8-11(12)10-6-2-1-3-7-10/h1-4,6,8,10-12H,5,7,9,13H2. The number of hydrogen-bond acceptors (Lipinski definition) is 1. The molecular formula is C12H17N. The highest BCUT2D eigenvalue weighted by molar-refractivity contribution is 5.15. The van der Waals surface area contributed by atoms with Crippen molar-refractivity contribution in [2.24, 2.45) is 17.6 Å². The second kappa shape index (κ2) is 3.93. The van der Waals surface area contributed by atoms with E-state index < -0.39 is 0 Å². The van der Waals surface area contributed by atoms with Crippen molar-refractivity contribution in [2.45, 2.75) is 25.3 Å². The van der Waals surface area contributed by atoms with Crippen molar-refractivity contribution >= 4 is 0 Å². The molecule has 2 aliphatic carbocycles. The summed E-state index contributed by atoms with van der Waals surface area (Å²) < 4.78 is 0. The summed E-state index contributed by atoms with van der Waals surface area (Å²) in [4.78, 5) is 0. The number of rotatable bonds is 1. The molecule has 0 aromatic heterocycles. The van der Waals surface area contributed by atoms with Crippen LogP contribution in [-0.2, 0) is 0 Å². The highest BCUT2D eigenvalue weighted by Gasteiger charge is 2.24. The number of hydrogen-bond donors (Lipinski definition) is 1. The van der Waals surface area contributed by atoms with Crippen LogP contribution in [0.15, 0.2) is 36.5 Å². The largest absolute Gasteiger partial charge is 0.327 e. The molecule has 3 unspecified atom stereocenters. The van der Waals surface area contributed by atoms with Crippen LogP contribution in [0.4, 0.5) is 0 Å². The highest BCUT2D eigenvalue weighted by atomic mass is 14.7. The molecule has 0 amide bonds. The molecule has 0 spiro atoms. The van der Waals surface area contributed by atoms with E-state index in [0.717, 1.165) is 19.3 Å². The van der Waals surface area contributed by atoms with Crippen molar-refractivity contribution in [1.82, 2.24) is 0 Å². The summed E-state index contributed by atoms with van der Waals surface area (Å²) in [7, 11) is 0. The Morgan fingerprint density at radius 1 is 1.08 bits per heavy atom. The molecule has 0 fully saturated rings. The zero-order chi connectivity index (χ0) is 9.10. The summed E-state index contributed by atoms with van der Waals surface area (Å²) in [5.74, 6) is 1.20. The van der Waals surface area contributed by atoms with Crippen LogP contribution < -0.4 is 5.73 Å². The maximum Gasteiger partial charge on any atom is 0.0111 e. The van der Waals surface area contributed by atoms with Crippen LogP contribution in [0.3, 0.4) is 0 Å². The summed E-state index contributed by atoms with van der Waals surface area (Å²) in [6.45, 7) is 0. The fraction of sp³-hybridized carbons (Fsp3) is 0.500. The summed E-state index contributed by atoms with van der Waals surface area (Å²) in [5.41, 5.74) is 6.10. The van der Waals surface area contributed by atoms with Crippen LogP contribution in [0.1, 0.15) is 19.3 Å². The van der Waals surface area contributed by atoms with Gasteiger partial charge in [0.25, 0.3) is 0 Å². The average Bonchev–Trinajstić information content (AvgIpc) is 2.20. The van der Waals surface area contributed by atoms with Gasteiger partial charge in [-0.1, -0.05) is 36.5 Å². The Balaban J connectivity index is 2.06. The van der Waals surface area contributed by atoms with E-state index in [0.29, 0.717) is 17.9 Å². The lowest BCUT2D eigenvalue weighted by atomic mass is 9.78. The van der Waals surface area contributed by atoms with Gasteiger partial charge in [-0.05, 0) is 31.1 Å². The van der Waals surface area contributed by atoms with E-state index >= 15 is 0 Å². The first-order chi connectivity index (χ1) is 6.38. The topological polar surface area (TPSA) is 26.0 Å². The van der Waals surface area contributed by atoms with E-state index in [-0.39, 0.29) is 0 Å². The first-order valence-electron chi connectivity index (χ1n) is 5.13. The lowest BCUT2D eigenvalue weighted by Gasteiger charge is -2.30. The van der Waals surface area contributed by atoms with E-state index in [1.807, 2.05) is 0 Å². The maximum atomic E-state index is 6.10. The van der Waals surface area contributed by atoms with Gasteiger partial charge in [0.15, 0.2) is 0 Å². The van der Waals surface area contributed by atoms with Crippen molar-refractivity contribution in [3.63, 3.8) is 0 Å². The Bertz CT molecular complexity index is 250. The Labute approximate surface area is 80.0 Å². The van der Waals surface area contributed by atoms with E-state index in [1.54, 1.807) is 0 Å². The normalized spacial score (nSPS) is 38.1. The second-order valence-corrected chi connectivity index (χ2v) is 3.96. The van der Waals surface area contributed by atoms with Crippen LogP contribution >= 0.6 is 0 Å². The van der Waals surface area contributed by atoms with Gasteiger partial charge in [-0.15, -0.1) is 0 Å². The fourth-order valence-corrected chi connectivity index (χ4v) is 2.22. The Kier molecular flexibility index (Phi) is 2.65. The predicted molar refractivity (Wildman–Crippen MR) is 56.2 cm³/mol. The van der Waals surface area contributed by atoms with Gasteiger partial charge in [0.1, 0.15) is 0 Å². The lowest BCUT2D eigenvalue weighted by Crippen LogP contribution is -2.35. The van der Waals surface area contributed by atoms with E-state index in [2.05, 4.69) is 36.5 Å². The molecule has 0 heterocycles.